The van der Waals surface area contributed by atoms with E-state index in [4.69, 9.17) is 46.4 Å². The van der Waals surface area contributed by atoms with Crippen LogP contribution in [-0.4, -0.2) is 0 Å². The van der Waals surface area contributed by atoms with Gasteiger partial charge in [0, 0.05) is 11.1 Å². The maximum atomic E-state index is 5.36. The van der Waals surface area contributed by atoms with Gasteiger partial charge in [0.2, 0.25) is 0 Å². The molecule has 0 rings (SSSR count). The number of hydrogen-bond acceptors (Lipinski definition) is 0. The average Bonchev–Trinajstić information content (AvgIpc) is 1.84. The maximum Gasteiger partial charge on any atom is 0.0714 e. The van der Waals surface area contributed by atoms with Gasteiger partial charge in [0.15, 0.2) is 0 Å². The van der Waals surface area contributed by atoms with Gasteiger partial charge in [0.25, 0.3) is 0 Å². The van der Waals surface area contributed by atoms with Crippen LogP contribution >= 0.6 is 46.4 Å². The van der Waals surface area contributed by atoms with E-state index in [2.05, 4.69) is 0 Å². The van der Waals surface area contributed by atoms with E-state index in [9.17, 15) is 0 Å². The topological polar surface area (TPSA) is 0 Å². The zero-order valence-corrected chi connectivity index (χ0v) is 6.69. The van der Waals surface area contributed by atoms with Gasteiger partial charge in [-0.25, -0.2) is 0 Å². The second-order valence-electron chi connectivity index (χ2n) is 0.914. The SMILES string of the molecule is ClC=C(Cl)C(Cl)=CCl. The lowest BCUT2D eigenvalue weighted by atomic mass is 10.6. The van der Waals surface area contributed by atoms with Gasteiger partial charge in [0.1, 0.15) is 0 Å². The Hall–Kier alpha value is 0.640. The van der Waals surface area contributed by atoms with Crippen LogP contribution in [0.5, 0.6) is 0 Å². The molecule has 0 N–H and O–H groups in total. The molecule has 46 valence electrons. The molecule has 0 amide bonds. The number of rotatable bonds is 1. The molecule has 0 unspecified atom stereocenters. The van der Waals surface area contributed by atoms with E-state index in [-0.39, 0.29) is 10.1 Å². The van der Waals surface area contributed by atoms with Gasteiger partial charge in [-0.05, 0) is 0 Å². The third-order valence-corrected chi connectivity index (χ3v) is 1.80. The van der Waals surface area contributed by atoms with Gasteiger partial charge in [-0.1, -0.05) is 46.4 Å². The van der Waals surface area contributed by atoms with Gasteiger partial charge in [-0.15, -0.1) is 0 Å². The fraction of sp³-hybridized carbons (Fsp3) is 0. The average molecular weight is 192 g/mol. The Bertz CT molecular complexity index is 108. The molecule has 0 bridgehead atoms. The zero-order chi connectivity index (χ0) is 6.57. The fourth-order valence-electron chi connectivity index (χ4n) is 0.104. The number of hydrogen-bond donors (Lipinski definition) is 0. The third-order valence-electron chi connectivity index (χ3n) is 0.420. The molecule has 0 saturated carbocycles. The highest BCUT2D eigenvalue weighted by Crippen LogP contribution is 2.19. The Morgan fingerprint density at radius 1 is 0.875 bits per heavy atom. The van der Waals surface area contributed by atoms with Crippen molar-refractivity contribution >= 4 is 46.4 Å². The summed E-state index contributed by atoms with van der Waals surface area (Å²) in [5.74, 6) is 0. The second-order valence-corrected chi connectivity index (χ2v) is 2.16. The van der Waals surface area contributed by atoms with Crippen LogP contribution in [0.15, 0.2) is 21.1 Å². The van der Waals surface area contributed by atoms with Crippen molar-refractivity contribution in [3.63, 3.8) is 0 Å². The summed E-state index contributed by atoms with van der Waals surface area (Å²) >= 11 is 21.0. The van der Waals surface area contributed by atoms with E-state index in [0.717, 1.165) is 11.1 Å². The molecule has 0 spiro atoms. The van der Waals surface area contributed by atoms with Crippen LogP contribution in [0.3, 0.4) is 0 Å². The van der Waals surface area contributed by atoms with E-state index in [1.54, 1.807) is 0 Å². The second kappa shape index (κ2) is 4.51. The molecule has 0 aliphatic carbocycles. The first kappa shape index (κ1) is 8.64. The van der Waals surface area contributed by atoms with E-state index >= 15 is 0 Å². The van der Waals surface area contributed by atoms with Crippen LogP contribution in [0.1, 0.15) is 0 Å². The standard InChI is InChI=1S/C4H2Cl4/c5-1-3(7)4(8)2-6/h1-2H. The van der Waals surface area contributed by atoms with E-state index in [1.807, 2.05) is 0 Å². The van der Waals surface area contributed by atoms with Crippen molar-refractivity contribution in [1.29, 1.82) is 0 Å². The van der Waals surface area contributed by atoms with Crippen molar-refractivity contribution in [2.45, 2.75) is 0 Å². The molecule has 0 aromatic heterocycles. The molecule has 0 heterocycles. The third kappa shape index (κ3) is 2.83. The molecule has 0 aromatic rings. The molecular formula is C4H2Cl4. The highest BCUT2D eigenvalue weighted by molar-refractivity contribution is 6.48. The van der Waals surface area contributed by atoms with Crippen LogP contribution in [0.2, 0.25) is 0 Å². The van der Waals surface area contributed by atoms with Crippen LogP contribution < -0.4 is 0 Å². The molecule has 4 heteroatoms. The van der Waals surface area contributed by atoms with Crippen molar-refractivity contribution in [3.8, 4) is 0 Å². The first-order valence-corrected chi connectivity index (χ1v) is 3.27. The van der Waals surface area contributed by atoms with E-state index in [0.29, 0.717) is 0 Å². The quantitative estimate of drug-likeness (QED) is 0.556. The first-order chi connectivity index (χ1) is 3.72. The Morgan fingerprint density at radius 2 is 1.12 bits per heavy atom. The van der Waals surface area contributed by atoms with Crippen LogP contribution in [0.25, 0.3) is 0 Å². The van der Waals surface area contributed by atoms with Crippen molar-refractivity contribution in [2.75, 3.05) is 0 Å². The molecular weight excluding hydrogens is 190 g/mol. The molecule has 0 atom stereocenters. The minimum absolute atomic E-state index is 0.239. The van der Waals surface area contributed by atoms with Crippen molar-refractivity contribution in [1.82, 2.24) is 0 Å². The monoisotopic (exact) mass is 190 g/mol. The number of halogens is 4. The fourth-order valence-corrected chi connectivity index (χ4v) is 0.560. The van der Waals surface area contributed by atoms with Gasteiger partial charge >= 0.3 is 0 Å². The Balaban J connectivity index is 4.04. The Labute approximate surface area is 67.7 Å². The lowest BCUT2D eigenvalue weighted by Gasteiger charge is -1.86. The van der Waals surface area contributed by atoms with Gasteiger partial charge in [-0.3, -0.25) is 0 Å². The predicted molar refractivity (Wildman–Crippen MR) is 39.6 cm³/mol. The summed E-state index contributed by atoms with van der Waals surface area (Å²) in [5, 5.41) is 0.478. The van der Waals surface area contributed by atoms with Crippen LogP contribution in [0, 0.1) is 0 Å². The lowest BCUT2D eigenvalue weighted by Crippen LogP contribution is -1.64. The normalized spacial score (nSPS) is 14.5. The molecule has 0 aromatic carbocycles. The largest absolute Gasteiger partial charge is 0.0913 e. The molecule has 8 heavy (non-hydrogen) atoms. The molecule has 0 aliphatic rings. The minimum Gasteiger partial charge on any atom is -0.0913 e. The smallest absolute Gasteiger partial charge is 0.0714 e. The summed E-state index contributed by atoms with van der Waals surface area (Å²) in [4.78, 5) is 0. The van der Waals surface area contributed by atoms with Crippen molar-refractivity contribution < 1.29 is 0 Å². The zero-order valence-electron chi connectivity index (χ0n) is 3.67. The minimum atomic E-state index is 0.239. The molecule has 0 nitrogen and oxygen atoms in total. The van der Waals surface area contributed by atoms with Gasteiger partial charge in [-0.2, -0.15) is 0 Å². The van der Waals surface area contributed by atoms with E-state index in [1.165, 1.54) is 0 Å². The molecule has 0 fully saturated rings. The van der Waals surface area contributed by atoms with E-state index < -0.39 is 0 Å². The summed E-state index contributed by atoms with van der Waals surface area (Å²) < 4.78 is 0. The van der Waals surface area contributed by atoms with Gasteiger partial charge < -0.3 is 0 Å². The van der Waals surface area contributed by atoms with Crippen LogP contribution in [0.4, 0.5) is 0 Å². The highest BCUT2D eigenvalue weighted by atomic mass is 35.5. The highest BCUT2D eigenvalue weighted by Gasteiger charge is 1.93. The summed E-state index contributed by atoms with van der Waals surface area (Å²) in [7, 11) is 0. The summed E-state index contributed by atoms with van der Waals surface area (Å²) in [6.07, 6.45) is 0. The Morgan fingerprint density at radius 3 is 1.25 bits per heavy atom. The summed E-state index contributed by atoms with van der Waals surface area (Å²) in [6.45, 7) is 0. The van der Waals surface area contributed by atoms with Gasteiger partial charge in [0.05, 0.1) is 10.1 Å². The lowest BCUT2D eigenvalue weighted by molar-refractivity contribution is 1.90. The summed E-state index contributed by atoms with van der Waals surface area (Å²) in [5.41, 5.74) is 2.28. The summed E-state index contributed by atoms with van der Waals surface area (Å²) in [6, 6.07) is 0. The Kier molecular flexibility index (Phi) is 4.87. The van der Waals surface area contributed by atoms with Crippen molar-refractivity contribution in [3.05, 3.63) is 21.1 Å². The molecule has 0 radical (unpaired) electrons. The molecule has 0 aliphatic heterocycles. The predicted octanol–water partition coefficient (Wildman–Crippen LogP) is 3.62. The van der Waals surface area contributed by atoms with Crippen LogP contribution in [-0.2, 0) is 0 Å². The van der Waals surface area contributed by atoms with Crippen molar-refractivity contribution in [2.24, 2.45) is 0 Å². The maximum absolute atomic E-state index is 5.36. The number of allylic oxidation sites excluding steroid dienone is 2. The molecule has 0 saturated heterocycles. The first-order valence-electron chi connectivity index (χ1n) is 1.64.